The molecule has 0 aromatic heterocycles. The Bertz CT molecular complexity index is 1610. The quantitative estimate of drug-likeness (QED) is 0.0423. The van der Waals surface area contributed by atoms with E-state index in [4.69, 9.17) is 52.5 Å². The van der Waals surface area contributed by atoms with Crippen LogP contribution in [0, 0.1) is 0 Å². The van der Waals surface area contributed by atoms with Crippen molar-refractivity contribution in [2.45, 2.75) is 186 Å². The van der Waals surface area contributed by atoms with Crippen molar-refractivity contribution < 1.29 is 144 Å². The van der Waals surface area contributed by atoms with Crippen molar-refractivity contribution in [2.24, 2.45) is 0 Å². The van der Waals surface area contributed by atoms with Gasteiger partial charge in [0, 0.05) is 20.1 Å². The Morgan fingerprint density at radius 2 is 0.887 bits per heavy atom. The Morgan fingerprint density at radius 1 is 0.465 bits per heavy atom. The van der Waals surface area contributed by atoms with Gasteiger partial charge in [-0.15, -0.1) is 0 Å². The van der Waals surface area contributed by atoms with Crippen LogP contribution in [0.1, 0.15) is 26.2 Å². The van der Waals surface area contributed by atoms with Gasteiger partial charge in [-0.05, 0) is 19.3 Å². The van der Waals surface area contributed by atoms with Gasteiger partial charge in [0.1, 0.15) is 122 Å². The molecular weight excluding hydrogens is 972 g/mol. The van der Waals surface area contributed by atoms with Gasteiger partial charge in [0.2, 0.25) is 5.91 Å². The molecule has 0 bridgehead atoms. The second kappa shape index (κ2) is 27.6. The van der Waals surface area contributed by atoms with E-state index in [1.54, 1.807) is 0 Å². The minimum Gasteiger partial charge on any atom is -0.394 e. The molecule has 5 rings (SSSR count). The molecule has 0 radical (unpaired) electrons. The number of aliphatic hydroxyl groups excluding tert-OH is 17. The molecule has 31 heteroatoms. The van der Waals surface area contributed by atoms with Crippen molar-refractivity contribution in [3.8, 4) is 0 Å². The molecule has 5 aliphatic rings. The van der Waals surface area contributed by atoms with E-state index >= 15 is 0 Å². The molecule has 0 aromatic carbocycles. The Labute approximate surface area is 404 Å². The summed E-state index contributed by atoms with van der Waals surface area (Å²) in [5.74, 6) is -1.56. The zero-order valence-electron chi connectivity index (χ0n) is 38.3. The number of hydrogen-bond donors (Lipinski definition) is 19. The highest BCUT2D eigenvalue weighted by molar-refractivity contribution is 5.80. The second-order valence-corrected chi connectivity index (χ2v) is 17.6. The Kier molecular flexibility index (Phi) is 23.2. The molecule has 414 valence electrons. The highest BCUT2D eigenvalue weighted by atomic mass is 16.8. The van der Waals surface area contributed by atoms with Crippen LogP contribution < -0.4 is 10.6 Å². The Balaban J connectivity index is 1.24. The number of rotatable bonds is 23. The van der Waals surface area contributed by atoms with Crippen LogP contribution in [0.2, 0.25) is 0 Å². The van der Waals surface area contributed by atoms with Gasteiger partial charge in [-0.25, -0.2) is 0 Å². The molecule has 31 nitrogen and oxygen atoms in total. The van der Waals surface area contributed by atoms with Crippen molar-refractivity contribution in [2.75, 3.05) is 52.8 Å². The number of hydrogen-bond acceptors (Lipinski definition) is 29. The lowest BCUT2D eigenvalue weighted by Crippen LogP contribution is -2.70. The summed E-state index contributed by atoms with van der Waals surface area (Å²) in [6.07, 6.45) is -44.4. The third-order valence-electron chi connectivity index (χ3n) is 12.6. The number of amides is 2. The molecule has 5 saturated heterocycles. The standard InChI is InChI=1S/C40H70N2O29/c1-13(49)42-20-33(70-38-27(57)24(54)21(51)15(8-44)64-38)22(52)16(9-45)63-36(20)71-34-23(53)17(10-46)65-40(30(34)60)69-32-19(12-48)67-39(29(59)26(32)56)68-31-18(11-47)66-37(28(58)25(31)55)62-6-4-2-3-5-41-35(61)14(50)7-43/h14-34,36-40,43-48,50-60H,2-12H2,1H3,(H,41,61)(H,42,49)/t14-,15?,16?,17?,18?,19?,20+,21+,22+,23+,24?,25?,26?,27+,28?,29+,30?,31-,32+,33?,34+,36+,37-,38+,39+,40-/m1/s1. The third-order valence-corrected chi connectivity index (χ3v) is 12.6. The van der Waals surface area contributed by atoms with Gasteiger partial charge in [-0.1, -0.05) is 0 Å². The monoisotopic (exact) mass is 1040 g/mol. The number of nitrogens with one attached hydrogen (secondary N) is 2. The first-order valence-electron chi connectivity index (χ1n) is 23.0. The maximum absolute atomic E-state index is 12.5. The minimum absolute atomic E-state index is 0.0178. The second-order valence-electron chi connectivity index (χ2n) is 17.6. The normalized spacial score (nSPS) is 44.7. The summed E-state index contributed by atoms with van der Waals surface area (Å²) in [5, 5.41) is 183. The largest absolute Gasteiger partial charge is 0.394 e. The molecule has 5 aliphatic heterocycles. The van der Waals surface area contributed by atoms with E-state index in [0.717, 1.165) is 6.92 Å². The summed E-state index contributed by atoms with van der Waals surface area (Å²) in [6.45, 7) is -4.19. The van der Waals surface area contributed by atoms with Crippen LogP contribution in [0.5, 0.6) is 0 Å². The minimum atomic E-state index is -2.17. The number of aliphatic hydroxyl groups is 17. The SMILES string of the molecule is CC(=O)N[C@H]1C(O[C@@H]2OC(CO)[C@H](O)C(O)[C@@H]2O)[C@@H](O)C(CO)O[C@H]1O[C@@H]1C(O)[C@@H](O[C@H]2C(CO)O[C@@H](O[C@@H]3C(CO)O[C@@H](OCCCCCNC(=O)[C@H](O)CO)C(O)C3O)[C@@H](O)C2O)OC(CO)[C@@H]1O. The van der Waals surface area contributed by atoms with Crippen molar-refractivity contribution >= 4 is 11.8 Å². The number of carbonyl (C=O) groups excluding carboxylic acids is 2. The van der Waals surface area contributed by atoms with E-state index in [9.17, 15) is 91.3 Å². The Hall–Kier alpha value is -2.14. The van der Waals surface area contributed by atoms with E-state index in [0.29, 0.717) is 19.3 Å². The maximum atomic E-state index is 12.5. The third kappa shape index (κ3) is 14.2. The van der Waals surface area contributed by atoms with Crippen molar-refractivity contribution in [1.82, 2.24) is 10.6 Å². The van der Waals surface area contributed by atoms with Crippen LogP contribution in [0.4, 0.5) is 0 Å². The van der Waals surface area contributed by atoms with Crippen LogP contribution in [-0.2, 0) is 57.0 Å². The number of unbranched alkanes of at least 4 members (excludes halogenated alkanes) is 2. The molecule has 0 spiro atoms. The van der Waals surface area contributed by atoms with E-state index in [1.165, 1.54) is 0 Å². The van der Waals surface area contributed by atoms with Gasteiger partial charge in [-0.2, -0.15) is 0 Å². The molecular formula is C40H70N2O29. The first-order valence-corrected chi connectivity index (χ1v) is 23.0. The molecule has 5 fully saturated rings. The predicted molar refractivity (Wildman–Crippen MR) is 222 cm³/mol. The fourth-order valence-corrected chi connectivity index (χ4v) is 8.57. The first kappa shape index (κ1) is 59.7. The van der Waals surface area contributed by atoms with E-state index in [1.807, 2.05) is 0 Å². The average molecular weight is 1040 g/mol. The van der Waals surface area contributed by atoms with Crippen LogP contribution in [0.3, 0.4) is 0 Å². The predicted octanol–water partition coefficient (Wildman–Crippen LogP) is -12.1. The van der Waals surface area contributed by atoms with Crippen molar-refractivity contribution in [3.63, 3.8) is 0 Å². The van der Waals surface area contributed by atoms with Gasteiger partial charge in [0.05, 0.1) is 39.6 Å². The summed E-state index contributed by atoms with van der Waals surface area (Å²) in [7, 11) is 0. The lowest BCUT2D eigenvalue weighted by atomic mass is 9.94. The summed E-state index contributed by atoms with van der Waals surface area (Å²) in [4.78, 5) is 24.1. The van der Waals surface area contributed by atoms with Crippen molar-refractivity contribution in [3.05, 3.63) is 0 Å². The smallest absolute Gasteiger partial charge is 0.251 e. The van der Waals surface area contributed by atoms with Crippen molar-refractivity contribution in [1.29, 1.82) is 0 Å². The summed E-state index contributed by atoms with van der Waals surface area (Å²) in [6, 6.07) is -1.69. The van der Waals surface area contributed by atoms with Crippen LogP contribution in [-0.4, -0.2) is 311 Å². The summed E-state index contributed by atoms with van der Waals surface area (Å²) < 4.78 is 56.9. The maximum Gasteiger partial charge on any atom is 0.251 e. The molecule has 71 heavy (non-hydrogen) atoms. The van der Waals surface area contributed by atoms with Gasteiger partial charge >= 0.3 is 0 Å². The van der Waals surface area contributed by atoms with Gasteiger partial charge in [0.25, 0.3) is 5.91 Å². The lowest BCUT2D eigenvalue weighted by molar-refractivity contribution is -0.389. The topological polar surface area (TPSA) is 494 Å². The fourth-order valence-electron chi connectivity index (χ4n) is 8.57. The molecule has 0 saturated carbocycles. The van der Waals surface area contributed by atoms with Crippen LogP contribution >= 0.6 is 0 Å². The fraction of sp³-hybridized carbons (Fsp3) is 0.950. The first-order chi connectivity index (χ1) is 33.8. The zero-order valence-corrected chi connectivity index (χ0v) is 38.3. The molecule has 19 N–H and O–H groups in total. The van der Waals surface area contributed by atoms with Gasteiger partial charge < -0.3 is 145 Å². The lowest BCUT2D eigenvalue weighted by Gasteiger charge is -2.50. The van der Waals surface area contributed by atoms with Gasteiger partial charge in [0.15, 0.2) is 37.6 Å². The summed E-state index contributed by atoms with van der Waals surface area (Å²) in [5.41, 5.74) is 0. The van der Waals surface area contributed by atoms with Crippen LogP contribution in [0.15, 0.2) is 0 Å². The van der Waals surface area contributed by atoms with E-state index < -0.39 is 211 Å². The van der Waals surface area contributed by atoms with E-state index in [-0.39, 0.29) is 13.2 Å². The number of carbonyl (C=O) groups is 2. The van der Waals surface area contributed by atoms with Crippen LogP contribution in [0.25, 0.3) is 0 Å². The van der Waals surface area contributed by atoms with Gasteiger partial charge in [-0.3, -0.25) is 9.59 Å². The molecule has 0 aliphatic carbocycles. The average Bonchev–Trinajstić information content (AvgIpc) is 3.35. The summed E-state index contributed by atoms with van der Waals surface area (Å²) >= 11 is 0. The van der Waals surface area contributed by atoms with E-state index in [2.05, 4.69) is 10.6 Å². The molecule has 26 atom stereocenters. The highest BCUT2D eigenvalue weighted by Crippen LogP contribution is 2.36. The molecule has 0 aromatic rings. The molecule has 5 heterocycles. The Morgan fingerprint density at radius 3 is 1.41 bits per heavy atom. The molecule has 2 amide bonds. The zero-order chi connectivity index (χ0) is 52.4. The number of ether oxygens (including phenoxy) is 10. The highest BCUT2D eigenvalue weighted by Gasteiger charge is 2.57. The molecule has 11 unspecified atom stereocenters.